The fraction of sp³-hybridized carbons (Fsp3) is 0.400. The standard InChI is InChI=1S/C20H20N2O10/c23-15-9-29-19(11-3-1-5-13(7-11)21(25)26)30-10-16-17(24)18(15)32-20(31-16)12-4-2-6-14(8-12)22(27)28/h1-8,15-20,23-24H,9-10H2/t15-,16+,17-,18-,19?,20?/m1/s1. The summed E-state index contributed by atoms with van der Waals surface area (Å²) in [6.07, 6.45) is -6.80. The van der Waals surface area contributed by atoms with Crippen LogP contribution < -0.4 is 0 Å². The van der Waals surface area contributed by atoms with Gasteiger partial charge in [-0.3, -0.25) is 20.2 Å². The van der Waals surface area contributed by atoms with Crippen LogP contribution in [-0.2, 0) is 18.9 Å². The van der Waals surface area contributed by atoms with Crippen LogP contribution in [0.15, 0.2) is 48.5 Å². The monoisotopic (exact) mass is 448 g/mol. The normalized spacial score (nSPS) is 30.6. The molecule has 4 rings (SSSR count). The van der Waals surface area contributed by atoms with E-state index in [0.29, 0.717) is 11.1 Å². The van der Waals surface area contributed by atoms with E-state index in [-0.39, 0.29) is 24.6 Å². The van der Waals surface area contributed by atoms with Gasteiger partial charge in [-0.2, -0.15) is 0 Å². The molecular formula is C20H20N2O10. The first kappa shape index (κ1) is 22.2. The number of aliphatic hydroxyl groups is 2. The molecule has 12 heteroatoms. The molecule has 6 atom stereocenters. The summed E-state index contributed by atoms with van der Waals surface area (Å²) in [5, 5.41) is 43.4. The first-order valence-corrected chi connectivity index (χ1v) is 9.72. The Bertz CT molecular complexity index is 1000. The maximum atomic E-state index is 11.1. The van der Waals surface area contributed by atoms with E-state index < -0.39 is 46.8 Å². The largest absolute Gasteiger partial charge is 0.388 e. The molecular weight excluding hydrogens is 428 g/mol. The van der Waals surface area contributed by atoms with Crippen LogP contribution in [0.1, 0.15) is 23.7 Å². The molecule has 2 fully saturated rings. The van der Waals surface area contributed by atoms with Gasteiger partial charge in [-0.25, -0.2) is 0 Å². The average Bonchev–Trinajstić information content (AvgIpc) is 2.82. The number of nitro benzene ring substituents is 2. The van der Waals surface area contributed by atoms with Crippen molar-refractivity contribution in [3.8, 4) is 0 Å². The van der Waals surface area contributed by atoms with Gasteiger partial charge in [0.05, 0.1) is 23.1 Å². The van der Waals surface area contributed by atoms with Gasteiger partial charge in [0.1, 0.15) is 24.4 Å². The third-order valence-electron chi connectivity index (χ3n) is 5.21. The molecule has 0 amide bonds. The maximum absolute atomic E-state index is 11.1. The zero-order valence-electron chi connectivity index (χ0n) is 16.6. The van der Waals surface area contributed by atoms with Gasteiger partial charge in [0, 0.05) is 35.4 Å². The fourth-order valence-corrected chi connectivity index (χ4v) is 3.59. The van der Waals surface area contributed by atoms with Crippen molar-refractivity contribution in [3.05, 3.63) is 79.9 Å². The smallest absolute Gasteiger partial charge is 0.269 e. The van der Waals surface area contributed by atoms with Gasteiger partial charge in [-0.15, -0.1) is 0 Å². The summed E-state index contributed by atoms with van der Waals surface area (Å²) in [4.78, 5) is 21.0. The van der Waals surface area contributed by atoms with Crippen molar-refractivity contribution >= 4 is 11.4 Å². The number of rotatable bonds is 4. The fourth-order valence-electron chi connectivity index (χ4n) is 3.59. The van der Waals surface area contributed by atoms with E-state index in [9.17, 15) is 30.4 Å². The van der Waals surface area contributed by atoms with Crippen LogP contribution in [0.3, 0.4) is 0 Å². The number of nitrogens with zero attached hydrogens (tertiary/aromatic N) is 2. The van der Waals surface area contributed by atoms with Gasteiger partial charge in [0.2, 0.25) is 0 Å². The van der Waals surface area contributed by atoms with Crippen molar-refractivity contribution in [2.24, 2.45) is 0 Å². The van der Waals surface area contributed by atoms with Gasteiger partial charge >= 0.3 is 0 Å². The summed E-state index contributed by atoms with van der Waals surface area (Å²) in [6.45, 7) is -0.490. The minimum absolute atomic E-state index is 0.154. The quantitative estimate of drug-likeness (QED) is 0.520. The Morgan fingerprint density at radius 3 is 1.97 bits per heavy atom. The number of hydrogen-bond donors (Lipinski definition) is 2. The van der Waals surface area contributed by atoms with Crippen LogP contribution >= 0.6 is 0 Å². The topological polar surface area (TPSA) is 164 Å². The Kier molecular flexibility index (Phi) is 6.41. The van der Waals surface area contributed by atoms with Crippen molar-refractivity contribution in [1.82, 2.24) is 0 Å². The summed E-state index contributed by atoms with van der Waals surface area (Å²) in [5.41, 5.74) is 0.375. The number of fused-ring (bicyclic) bond motifs is 2. The van der Waals surface area contributed by atoms with Gasteiger partial charge in [-0.05, 0) is 0 Å². The summed E-state index contributed by atoms with van der Waals surface area (Å²) >= 11 is 0. The third kappa shape index (κ3) is 4.60. The lowest BCUT2D eigenvalue weighted by Crippen LogP contribution is -2.54. The molecule has 170 valence electrons. The molecule has 0 radical (unpaired) electrons. The molecule has 2 heterocycles. The number of nitro groups is 2. The van der Waals surface area contributed by atoms with Crippen molar-refractivity contribution < 1.29 is 39.0 Å². The number of hydrogen-bond acceptors (Lipinski definition) is 10. The van der Waals surface area contributed by atoms with Gasteiger partial charge < -0.3 is 29.2 Å². The number of ether oxygens (including phenoxy) is 4. The van der Waals surface area contributed by atoms with E-state index in [1.807, 2.05) is 0 Å². The molecule has 2 aromatic rings. The molecule has 2 aliphatic rings. The van der Waals surface area contributed by atoms with Crippen LogP contribution in [0, 0.1) is 20.2 Å². The molecule has 0 aliphatic carbocycles. The second kappa shape index (κ2) is 9.24. The highest BCUT2D eigenvalue weighted by atomic mass is 16.7. The molecule has 2 aromatic carbocycles. The van der Waals surface area contributed by atoms with E-state index >= 15 is 0 Å². The number of non-ortho nitro benzene ring substituents is 2. The average molecular weight is 448 g/mol. The zero-order chi connectivity index (χ0) is 22.8. The van der Waals surface area contributed by atoms with Crippen LogP contribution in [0.2, 0.25) is 0 Å². The Morgan fingerprint density at radius 2 is 1.38 bits per heavy atom. The van der Waals surface area contributed by atoms with Gasteiger partial charge in [-0.1, -0.05) is 24.3 Å². The molecule has 2 saturated heterocycles. The van der Waals surface area contributed by atoms with Gasteiger partial charge in [0.25, 0.3) is 11.4 Å². The SMILES string of the molecule is O=[N+]([O-])c1cccc(C2OC[C@@H](O)[C@H]3OC(c4cccc([N+](=O)[O-])c4)O[C@@H](CO2)[C@H]3O)c1. The summed E-state index contributed by atoms with van der Waals surface area (Å²) < 4.78 is 22.8. The minimum Gasteiger partial charge on any atom is -0.388 e. The second-order valence-corrected chi connectivity index (χ2v) is 7.37. The molecule has 2 N–H and O–H groups in total. The lowest BCUT2D eigenvalue weighted by molar-refractivity contribution is -0.385. The molecule has 2 aliphatic heterocycles. The zero-order valence-corrected chi connectivity index (χ0v) is 16.6. The number of benzene rings is 2. The lowest BCUT2D eigenvalue weighted by Gasteiger charge is -2.40. The first-order chi connectivity index (χ1) is 15.3. The highest BCUT2D eigenvalue weighted by Gasteiger charge is 2.44. The van der Waals surface area contributed by atoms with E-state index in [0.717, 1.165) is 0 Å². The summed E-state index contributed by atoms with van der Waals surface area (Å²) in [7, 11) is 0. The predicted octanol–water partition coefficient (Wildman–Crippen LogP) is 1.75. The molecule has 32 heavy (non-hydrogen) atoms. The van der Waals surface area contributed by atoms with Gasteiger partial charge in [0.15, 0.2) is 12.6 Å². The highest BCUT2D eigenvalue weighted by Crippen LogP contribution is 2.35. The summed E-state index contributed by atoms with van der Waals surface area (Å²) in [5.74, 6) is 0. The van der Waals surface area contributed by atoms with Crippen LogP contribution in [-0.4, -0.2) is 57.7 Å². The molecule has 0 spiro atoms. The Hall–Kier alpha value is -3.00. The third-order valence-corrected chi connectivity index (χ3v) is 5.21. The van der Waals surface area contributed by atoms with Crippen molar-refractivity contribution in [1.29, 1.82) is 0 Å². The minimum atomic E-state index is -1.29. The van der Waals surface area contributed by atoms with Crippen LogP contribution in [0.4, 0.5) is 11.4 Å². The van der Waals surface area contributed by atoms with Crippen molar-refractivity contribution in [2.75, 3.05) is 13.2 Å². The first-order valence-electron chi connectivity index (χ1n) is 9.72. The molecule has 12 nitrogen and oxygen atoms in total. The van der Waals surface area contributed by atoms with Crippen LogP contribution in [0.25, 0.3) is 0 Å². The Morgan fingerprint density at radius 1 is 0.812 bits per heavy atom. The molecule has 0 saturated carbocycles. The van der Waals surface area contributed by atoms with Crippen molar-refractivity contribution in [2.45, 2.75) is 37.0 Å². The van der Waals surface area contributed by atoms with E-state index in [1.165, 1.54) is 36.4 Å². The highest BCUT2D eigenvalue weighted by molar-refractivity contribution is 5.35. The Labute approximate surface area is 181 Å². The Balaban J connectivity index is 1.58. The van der Waals surface area contributed by atoms with E-state index in [2.05, 4.69) is 0 Å². The molecule has 0 aromatic heterocycles. The van der Waals surface area contributed by atoms with E-state index in [1.54, 1.807) is 12.1 Å². The van der Waals surface area contributed by atoms with E-state index in [4.69, 9.17) is 18.9 Å². The summed E-state index contributed by atoms with van der Waals surface area (Å²) in [6, 6.07) is 11.3. The molecule has 2 bridgehead atoms. The predicted molar refractivity (Wildman–Crippen MR) is 105 cm³/mol. The maximum Gasteiger partial charge on any atom is 0.269 e. The lowest BCUT2D eigenvalue weighted by atomic mass is 10.0. The second-order valence-electron chi connectivity index (χ2n) is 7.37. The molecule has 2 unspecified atom stereocenters. The van der Waals surface area contributed by atoms with Crippen LogP contribution in [0.5, 0.6) is 0 Å². The van der Waals surface area contributed by atoms with Crippen molar-refractivity contribution in [3.63, 3.8) is 0 Å². The number of aliphatic hydroxyl groups excluding tert-OH is 2.